The van der Waals surface area contributed by atoms with Crippen LogP contribution in [0.25, 0.3) is 16.8 Å². The first-order valence-corrected chi connectivity index (χ1v) is 14.5. The third-order valence-electron chi connectivity index (χ3n) is 8.11. The number of esters is 1. The van der Waals surface area contributed by atoms with Crippen molar-refractivity contribution >= 4 is 17.5 Å². The third kappa shape index (κ3) is 6.61. The first kappa shape index (κ1) is 27.6. The van der Waals surface area contributed by atoms with E-state index in [1.165, 1.54) is 11.1 Å². The van der Waals surface area contributed by atoms with E-state index < -0.39 is 0 Å². The summed E-state index contributed by atoms with van der Waals surface area (Å²) in [4.78, 5) is 29.1. The van der Waals surface area contributed by atoms with Gasteiger partial charge in [0.1, 0.15) is 11.3 Å². The molecule has 4 aromatic rings. The largest absolute Gasteiger partial charge is 0.466 e. The molecular formula is C34H39N3O3. The molecule has 6 heteroatoms. The zero-order chi connectivity index (χ0) is 28.1. The topological polar surface area (TPSA) is 72.7 Å². The fraction of sp³-hybridized carbons (Fsp3) is 0.382. The molecule has 0 atom stereocenters. The molecule has 1 saturated carbocycles. The summed E-state index contributed by atoms with van der Waals surface area (Å²) >= 11 is 0. The van der Waals surface area contributed by atoms with Gasteiger partial charge in [0.05, 0.1) is 6.61 Å². The highest BCUT2D eigenvalue weighted by Gasteiger charge is 2.24. The van der Waals surface area contributed by atoms with Crippen molar-refractivity contribution in [3.63, 3.8) is 0 Å². The summed E-state index contributed by atoms with van der Waals surface area (Å²) in [5.74, 6) is 1.22. The summed E-state index contributed by atoms with van der Waals surface area (Å²) in [6.45, 7) is 7.13. The van der Waals surface area contributed by atoms with E-state index in [-0.39, 0.29) is 11.9 Å². The van der Waals surface area contributed by atoms with E-state index in [0.29, 0.717) is 43.0 Å². The number of pyridine rings is 1. The molecule has 0 unspecified atom stereocenters. The van der Waals surface area contributed by atoms with Gasteiger partial charge in [-0.2, -0.15) is 0 Å². The van der Waals surface area contributed by atoms with Gasteiger partial charge in [-0.25, -0.2) is 4.98 Å². The molecule has 0 bridgehead atoms. The Hall–Kier alpha value is -3.93. The minimum absolute atomic E-state index is 0.0646. The molecule has 2 aromatic carbocycles. The summed E-state index contributed by atoms with van der Waals surface area (Å²) < 4.78 is 7.04. The van der Waals surface area contributed by atoms with Gasteiger partial charge in [0.2, 0.25) is 0 Å². The highest BCUT2D eigenvalue weighted by Crippen LogP contribution is 2.37. The maximum atomic E-state index is 12.8. The first-order chi connectivity index (χ1) is 19.4. The highest BCUT2D eigenvalue weighted by atomic mass is 16.5. The maximum absolute atomic E-state index is 12.8. The molecule has 2 heterocycles. The molecule has 208 valence electrons. The number of ether oxygens (including phenoxy) is 1. The van der Waals surface area contributed by atoms with Crippen LogP contribution in [0.5, 0.6) is 0 Å². The lowest BCUT2D eigenvalue weighted by Crippen LogP contribution is -2.23. The lowest BCUT2D eigenvalue weighted by Gasteiger charge is -2.28. The van der Waals surface area contributed by atoms with Crippen molar-refractivity contribution in [1.29, 1.82) is 0 Å². The Kier molecular flexibility index (Phi) is 8.63. The van der Waals surface area contributed by atoms with Crippen LogP contribution in [0, 0.1) is 5.92 Å². The zero-order valence-corrected chi connectivity index (χ0v) is 23.7. The van der Waals surface area contributed by atoms with Crippen LogP contribution in [0.15, 0.2) is 73.1 Å². The molecule has 1 amide bonds. The summed E-state index contributed by atoms with van der Waals surface area (Å²) in [5, 5.41) is 2.99. The van der Waals surface area contributed by atoms with Crippen LogP contribution in [-0.2, 0) is 16.1 Å². The average Bonchev–Trinajstić information content (AvgIpc) is 3.40. The Bertz CT molecular complexity index is 1450. The molecule has 6 nitrogen and oxygen atoms in total. The number of aromatic nitrogens is 2. The van der Waals surface area contributed by atoms with Crippen molar-refractivity contribution in [2.24, 2.45) is 5.92 Å². The van der Waals surface area contributed by atoms with Crippen molar-refractivity contribution in [2.75, 3.05) is 6.61 Å². The second-order valence-corrected chi connectivity index (χ2v) is 11.2. The number of carbonyl (C=O) groups is 2. The smallest absolute Gasteiger partial charge is 0.306 e. The minimum atomic E-state index is -0.181. The number of carbonyl (C=O) groups excluding carboxylic acids is 2. The van der Waals surface area contributed by atoms with Gasteiger partial charge in [-0.05, 0) is 90.3 Å². The summed E-state index contributed by atoms with van der Waals surface area (Å²) in [5.41, 5.74) is 7.07. The number of hydrogen-bond acceptors (Lipinski definition) is 4. The Balaban J connectivity index is 1.19. The Labute approximate surface area is 236 Å². The fourth-order valence-corrected chi connectivity index (χ4v) is 5.67. The van der Waals surface area contributed by atoms with Crippen molar-refractivity contribution in [3.05, 3.63) is 95.4 Å². The van der Waals surface area contributed by atoms with Crippen molar-refractivity contribution in [1.82, 2.24) is 14.7 Å². The van der Waals surface area contributed by atoms with Crippen LogP contribution in [0.4, 0.5) is 0 Å². The number of hydrogen-bond donors (Lipinski definition) is 1. The van der Waals surface area contributed by atoms with Gasteiger partial charge in [0.15, 0.2) is 0 Å². The van der Waals surface area contributed by atoms with Crippen molar-refractivity contribution in [3.8, 4) is 11.1 Å². The standard InChI is InChI=1S/C34H39N3O3/c1-4-40-33(38)19-24-5-11-27(12-6-24)28-13-15-29(16-14-28)30-17-18-32-36-31(22-37(32)21-30)34(39)35-20-25-7-9-26(10-8-25)23(2)3/h7-10,13-18,21-24,27H,4-6,11-12,19-20H2,1-3H3,(H,35,39). The van der Waals surface area contributed by atoms with Gasteiger partial charge < -0.3 is 14.5 Å². The molecule has 0 aliphatic heterocycles. The molecular weight excluding hydrogens is 498 g/mol. The van der Waals surface area contributed by atoms with E-state index in [9.17, 15) is 9.59 Å². The number of benzene rings is 2. The normalized spacial score (nSPS) is 17.2. The van der Waals surface area contributed by atoms with Crippen LogP contribution < -0.4 is 5.32 Å². The van der Waals surface area contributed by atoms with Crippen LogP contribution >= 0.6 is 0 Å². The van der Waals surface area contributed by atoms with Gasteiger partial charge in [-0.3, -0.25) is 9.59 Å². The molecule has 1 fully saturated rings. The van der Waals surface area contributed by atoms with E-state index in [2.05, 4.69) is 78.7 Å². The van der Waals surface area contributed by atoms with Crippen LogP contribution in [-0.4, -0.2) is 27.9 Å². The molecule has 0 radical (unpaired) electrons. The lowest BCUT2D eigenvalue weighted by atomic mass is 9.77. The summed E-state index contributed by atoms with van der Waals surface area (Å²) in [7, 11) is 0. The van der Waals surface area contributed by atoms with E-state index >= 15 is 0 Å². The number of amides is 1. The van der Waals surface area contributed by atoms with Crippen molar-refractivity contribution < 1.29 is 14.3 Å². The molecule has 1 aliphatic carbocycles. The average molecular weight is 538 g/mol. The van der Waals surface area contributed by atoms with E-state index in [0.717, 1.165) is 48.0 Å². The molecule has 1 aliphatic rings. The quantitative estimate of drug-likeness (QED) is 0.228. The number of rotatable bonds is 9. The second kappa shape index (κ2) is 12.5. The van der Waals surface area contributed by atoms with Crippen LogP contribution in [0.1, 0.15) is 91.9 Å². The number of imidazole rings is 1. The SMILES string of the molecule is CCOC(=O)CC1CCC(c2ccc(-c3ccc4nc(C(=O)NCc5ccc(C(C)C)cc5)cn4c3)cc2)CC1. The van der Waals surface area contributed by atoms with Crippen LogP contribution in [0.2, 0.25) is 0 Å². The van der Waals surface area contributed by atoms with E-state index in [1.807, 2.05) is 23.6 Å². The summed E-state index contributed by atoms with van der Waals surface area (Å²) in [6, 6.07) is 21.2. The first-order valence-electron chi connectivity index (χ1n) is 14.5. The highest BCUT2D eigenvalue weighted by molar-refractivity contribution is 5.92. The number of fused-ring (bicyclic) bond motifs is 1. The monoisotopic (exact) mass is 537 g/mol. The minimum Gasteiger partial charge on any atom is -0.466 e. The van der Waals surface area contributed by atoms with E-state index in [1.54, 1.807) is 6.20 Å². The van der Waals surface area contributed by atoms with Gasteiger partial charge in [0, 0.05) is 25.4 Å². The van der Waals surface area contributed by atoms with Crippen molar-refractivity contribution in [2.45, 2.75) is 71.3 Å². The predicted molar refractivity (Wildman–Crippen MR) is 158 cm³/mol. The number of nitrogens with one attached hydrogen (secondary N) is 1. The Morgan fingerprint density at radius 3 is 2.30 bits per heavy atom. The third-order valence-corrected chi connectivity index (χ3v) is 8.11. The second-order valence-electron chi connectivity index (χ2n) is 11.2. The van der Waals surface area contributed by atoms with Crippen LogP contribution in [0.3, 0.4) is 0 Å². The Morgan fingerprint density at radius 1 is 0.925 bits per heavy atom. The zero-order valence-electron chi connectivity index (χ0n) is 23.7. The predicted octanol–water partition coefficient (Wildman–Crippen LogP) is 7.28. The summed E-state index contributed by atoms with van der Waals surface area (Å²) in [6.07, 6.45) is 8.73. The molecule has 2 aromatic heterocycles. The van der Waals surface area contributed by atoms with E-state index in [4.69, 9.17) is 4.74 Å². The molecule has 5 rings (SSSR count). The molecule has 40 heavy (non-hydrogen) atoms. The Morgan fingerprint density at radius 2 is 1.62 bits per heavy atom. The van der Waals surface area contributed by atoms with Gasteiger partial charge in [-0.15, -0.1) is 0 Å². The van der Waals surface area contributed by atoms with Gasteiger partial charge >= 0.3 is 5.97 Å². The number of nitrogens with zero attached hydrogens (tertiary/aromatic N) is 2. The molecule has 1 N–H and O–H groups in total. The maximum Gasteiger partial charge on any atom is 0.306 e. The van der Waals surface area contributed by atoms with Gasteiger partial charge in [-0.1, -0.05) is 62.4 Å². The fourth-order valence-electron chi connectivity index (χ4n) is 5.67. The van der Waals surface area contributed by atoms with Gasteiger partial charge in [0.25, 0.3) is 5.91 Å². The molecule has 0 spiro atoms. The lowest BCUT2D eigenvalue weighted by molar-refractivity contribution is -0.144. The molecule has 0 saturated heterocycles.